The van der Waals surface area contributed by atoms with Crippen LogP contribution in [0.5, 0.6) is 0 Å². The van der Waals surface area contributed by atoms with Gasteiger partial charge in [0.15, 0.2) is 9.84 Å². The zero-order valence-electron chi connectivity index (χ0n) is 10.5. The van der Waals surface area contributed by atoms with Crippen LogP contribution in [0.2, 0.25) is 0 Å². The summed E-state index contributed by atoms with van der Waals surface area (Å²) in [6, 6.07) is 0. The minimum Gasteiger partial charge on any atom is -0.340 e. The molecule has 0 saturated carbocycles. The van der Waals surface area contributed by atoms with Crippen molar-refractivity contribution in [2.75, 3.05) is 19.3 Å². The van der Waals surface area contributed by atoms with E-state index in [9.17, 15) is 18.0 Å². The monoisotopic (exact) mass is 261 g/mol. The zero-order chi connectivity index (χ0) is 13.2. The fraction of sp³-hybridized carbons (Fsp3) is 0.818. The average Bonchev–Trinajstić information content (AvgIpc) is 2.26. The topological polar surface area (TPSA) is 71.5 Å². The average molecular weight is 261 g/mol. The number of piperidine rings is 1. The third-order valence-corrected chi connectivity index (χ3v) is 4.80. The molecule has 17 heavy (non-hydrogen) atoms. The second-order valence-electron chi connectivity index (χ2n) is 4.58. The van der Waals surface area contributed by atoms with Crippen LogP contribution in [-0.4, -0.2) is 49.6 Å². The van der Waals surface area contributed by atoms with Gasteiger partial charge in [-0.05, 0) is 13.3 Å². The van der Waals surface area contributed by atoms with Crippen LogP contribution in [0.25, 0.3) is 0 Å². The van der Waals surface area contributed by atoms with Crippen LogP contribution in [-0.2, 0) is 19.4 Å². The van der Waals surface area contributed by atoms with E-state index in [0.29, 0.717) is 25.9 Å². The molecule has 5 nitrogen and oxygen atoms in total. The van der Waals surface area contributed by atoms with Gasteiger partial charge in [0.25, 0.3) is 0 Å². The number of amides is 1. The van der Waals surface area contributed by atoms with Gasteiger partial charge >= 0.3 is 0 Å². The maximum absolute atomic E-state index is 11.9. The van der Waals surface area contributed by atoms with Crippen LogP contribution in [0.15, 0.2) is 0 Å². The molecule has 1 saturated heterocycles. The number of hydrogen-bond acceptors (Lipinski definition) is 4. The summed E-state index contributed by atoms with van der Waals surface area (Å²) in [4.78, 5) is 25.0. The van der Waals surface area contributed by atoms with Crippen LogP contribution < -0.4 is 0 Å². The molecule has 1 fully saturated rings. The number of likely N-dealkylation sites (tertiary alicyclic amines) is 1. The third-order valence-electron chi connectivity index (χ3n) is 3.32. The molecular weight excluding hydrogens is 242 g/mol. The van der Waals surface area contributed by atoms with Gasteiger partial charge < -0.3 is 4.90 Å². The van der Waals surface area contributed by atoms with E-state index in [0.717, 1.165) is 6.26 Å². The minimum absolute atomic E-state index is 0.139. The Morgan fingerprint density at radius 1 is 1.53 bits per heavy atom. The standard InChI is InChI=1S/C11H19NO4S/c1-4-9-7-12(6-5-10(9)13)11(14)8(2)17(3,15)16/h8-9H,4-7H2,1-3H3. The number of ketones is 1. The van der Waals surface area contributed by atoms with Crippen molar-refractivity contribution in [3.63, 3.8) is 0 Å². The normalized spacial score (nSPS) is 23.6. The quantitative estimate of drug-likeness (QED) is 0.730. The molecule has 0 bridgehead atoms. The molecule has 0 aromatic carbocycles. The molecule has 6 heteroatoms. The van der Waals surface area contributed by atoms with E-state index in [2.05, 4.69) is 0 Å². The van der Waals surface area contributed by atoms with Crippen LogP contribution in [0.4, 0.5) is 0 Å². The fourth-order valence-electron chi connectivity index (χ4n) is 1.91. The first-order chi connectivity index (χ1) is 7.77. The van der Waals surface area contributed by atoms with Gasteiger partial charge in [0.05, 0.1) is 0 Å². The highest BCUT2D eigenvalue weighted by molar-refractivity contribution is 7.92. The predicted octanol–water partition coefficient (Wildman–Crippen LogP) is 0.247. The number of Topliss-reactive ketones (excluding diaryl/α,β-unsaturated/α-hetero) is 1. The summed E-state index contributed by atoms with van der Waals surface area (Å²) >= 11 is 0. The Bertz CT molecular complexity index is 415. The highest BCUT2D eigenvalue weighted by Crippen LogP contribution is 2.18. The van der Waals surface area contributed by atoms with Crippen LogP contribution in [0.1, 0.15) is 26.7 Å². The lowest BCUT2D eigenvalue weighted by Gasteiger charge is -2.32. The minimum atomic E-state index is -3.37. The molecule has 1 aliphatic rings. The highest BCUT2D eigenvalue weighted by atomic mass is 32.2. The Morgan fingerprint density at radius 2 is 2.12 bits per heavy atom. The molecule has 1 heterocycles. The fourth-order valence-corrected chi connectivity index (χ4v) is 2.42. The van der Waals surface area contributed by atoms with Crippen molar-refractivity contribution in [1.82, 2.24) is 4.90 Å². The number of rotatable bonds is 3. The lowest BCUT2D eigenvalue weighted by atomic mass is 9.94. The second-order valence-corrected chi connectivity index (χ2v) is 6.94. The van der Waals surface area contributed by atoms with E-state index in [1.54, 1.807) is 0 Å². The van der Waals surface area contributed by atoms with Crippen molar-refractivity contribution >= 4 is 21.5 Å². The van der Waals surface area contributed by atoms with Crippen molar-refractivity contribution in [3.8, 4) is 0 Å². The van der Waals surface area contributed by atoms with E-state index < -0.39 is 21.0 Å². The number of carbonyl (C=O) groups excluding carboxylic acids is 2. The molecule has 1 rings (SSSR count). The lowest BCUT2D eigenvalue weighted by molar-refractivity contribution is -0.136. The smallest absolute Gasteiger partial charge is 0.240 e. The maximum atomic E-state index is 11.9. The first-order valence-electron chi connectivity index (χ1n) is 5.77. The molecule has 2 atom stereocenters. The van der Waals surface area contributed by atoms with Gasteiger partial charge in [-0.3, -0.25) is 9.59 Å². The van der Waals surface area contributed by atoms with Gasteiger partial charge in [0.1, 0.15) is 11.0 Å². The van der Waals surface area contributed by atoms with Crippen molar-refractivity contribution in [2.45, 2.75) is 31.9 Å². The van der Waals surface area contributed by atoms with Crippen LogP contribution >= 0.6 is 0 Å². The van der Waals surface area contributed by atoms with Crippen molar-refractivity contribution in [3.05, 3.63) is 0 Å². The molecule has 0 N–H and O–H groups in total. The molecule has 0 aliphatic carbocycles. The van der Waals surface area contributed by atoms with Crippen LogP contribution in [0.3, 0.4) is 0 Å². The number of hydrogen-bond donors (Lipinski definition) is 0. The van der Waals surface area contributed by atoms with Crippen molar-refractivity contribution < 1.29 is 18.0 Å². The summed E-state index contributed by atoms with van der Waals surface area (Å²) < 4.78 is 22.6. The summed E-state index contributed by atoms with van der Waals surface area (Å²) in [5, 5.41) is -1.02. The van der Waals surface area contributed by atoms with Gasteiger partial charge in [0, 0.05) is 31.7 Å². The third kappa shape index (κ3) is 3.28. The summed E-state index contributed by atoms with van der Waals surface area (Å²) in [7, 11) is -3.37. The maximum Gasteiger partial charge on any atom is 0.240 e. The first-order valence-corrected chi connectivity index (χ1v) is 7.73. The van der Waals surface area contributed by atoms with E-state index in [1.165, 1.54) is 11.8 Å². The van der Waals surface area contributed by atoms with E-state index in [4.69, 9.17) is 0 Å². The summed E-state index contributed by atoms with van der Waals surface area (Å²) in [6.07, 6.45) is 2.08. The molecule has 1 aliphatic heterocycles. The van der Waals surface area contributed by atoms with Crippen molar-refractivity contribution in [1.29, 1.82) is 0 Å². The SMILES string of the molecule is CCC1CN(C(=O)C(C)S(C)(=O)=O)CCC1=O. The van der Waals surface area contributed by atoms with Gasteiger partial charge in [-0.25, -0.2) is 8.42 Å². The number of carbonyl (C=O) groups is 2. The Kier molecular flexibility index (Phi) is 4.30. The molecular formula is C11H19NO4S. The summed E-state index contributed by atoms with van der Waals surface area (Å²) in [5.74, 6) is -0.360. The van der Waals surface area contributed by atoms with Crippen molar-refractivity contribution in [2.24, 2.45) is 5.92 Å². The Morgan fingerprint density at radius 3 is 2.59 bits per heavy atom. The Hall–Kier alpha value is -0.910. The van der Waals surface area contributed by atoms with E-state index in [-0.39, 0.29) is 11.7 Å². The Labute approximate surface area is 102 Å². The molecule has 0 aromatic heterocycles. The van der Waals surface area contributed by atoms with Gasteiger partial charge in [-0.2, -0.15) is 0 Å². The van der Waals surface area contributed by atoms with Gasteiger partial charge in [-0.15, -0.1) is 0 Å². The highest BCUT2D eigenvalue weighted by Gasteiger charge is 2.33. The summed E-state index contributed by atoms with van der Waals surface area (Å²) in [5.41, 5.74) is 0. The largest absolute Gasteiger partial charge is 0.340 e. The van der Waals surface area contributed by atoms with Crippen LogP contribution in [0, 0.1) is 5.92 Å². The molecule has 98 valence electrons. The molecule has 2 unspecified atom stereocenters. The van der Waals surface area contributed by atoms with Gasteiger partial charge in [-0.1, -0.05) is 6.92 Å². The number of nitrogens with zero attached hydrogens (tertiary/aromatic N) is 1. The molecule has 0 spiro atoms. The Balaban J connectivity index is 2.75. The van der Waals surface area contributed by atoms with E-state index >= 15 is 0 Å². The number of sulfone groups is 1. The van der Waals surface area contributed by atoms with E-state index in [1.807, 2.05) is 6.92 Å². The summed E-state index contributed by atoms with van der Waals surface area (Å²) in [6.45, 7) is 3.99. The zero-order valence-corrected chi connectivity index (χ0v) is 11.3. The second kappa shape index (κ2) is 5.16. The predicted molar refractivity (Wildman–Crippen MR) is 64.3 cm³/mol. The lowest BCUT2D eigenvalue weighted by Crippen LogP contribution is -2.48. The molecule has 1 amide bonds. The van der Waals surface area contributed by atoms with Gasteiger partial charge in [0.2, 0.25) is 5.91 Å². The first kappa shape index (κ1) is 14.2. The molecule has 0 radical (unpaired) electrons. The molecule has 0 aromatic rings.